The second kappa shape index (κ2) is 3.48. The predicted octanol–water partition coefficient (Wildman–Crippen LogP) is 2.08. The largest absolute Gasteiger partial charge is 0.481 e. The van der Waals surface area contributed by atoms with Gasteiger partial charge in [0.1, 0.15) is 0 Å². The van der Waals surface area contributed by atoms with E-state index in [1.807, 2.05) is 6.20 Å². The summed E-state index contributed by atoms with van der Waals surface area (Å²) < 4.78 is 0. The molecule has 1 aromatic heterocycles. The third kappa shape index (κ3) is 1.43. The molecule has 1 heterocycles. The summed E-state index contributed by atoms with van der Waals surface area (Å²) >= 11 is 0. The molecule has 1 aromatic rings. The van der Waals surface area contributed by atoms with Crippen LogP contribution in [0, 0.1) is 0 Å². The molecule has 0 saturated carbocycles. The number of fused-ring (bicyclic) bond motifs is 1. The number of rotatable bonds is 2. The van der Waals surface area contributed by atoms with Gasteiger partial charge in [0, 0.05) is 11.9 Å². The van der Waals surface area contributed by atoms with Gasteiger partial charge < -0.3 is 10.1 Å². The molecule has 0 aromatic carbocycles. The molecule has 0 aliphatic heterocycles. The third-order valence-corrected chi connectivity index (χ3v) is 3.06. The van der Waals surface area contributed by atoms with Gasteiger partial charge in [-0.25, -0.2) is 0 Å². The van der Waals surface area contributed by atoms with Crippen molar-refractivity contribution >= 4 is 5.97 Å². The van der Waals surface area contributed by atoms with Gasteiger partial charge in [0.05, 0.1) is 5.92 Å². The Labute approximate surface area is 83.1 Å². The van der Waals surface area contributed by atoms with Crippen molar-refractivity contribution in [2.24, 2.45) is 0 Å². The zero-order chi connectivity index (χ0) is 10.1. The van der Waals surface area contributed by atoms with E-state index in [1.54, 1.807) is 6.92 Å². The highest BCUT2D eigenvalue weighted by Crippen LogP contribution is 2.28. The first-order valence-corrected chi connectivity index (χ1v) is 5.12. The molecule has 1 aliphatic rings. The van der Waals surface area contributed by atoms with Crippen LogP contribution in [0.3, 0.4) is 0 Å². The maximum Gasteiger partial charge on any atom is 0.310 e. The first-order chi connectivity index (χ1) is 6.70. The lowest BCUT2D eigenvalue weighted by atomic mass is 9.90. The Kier molecular flexibility index (Phi) is 2.32. The Morgan fingerprint density at radius 2 is 2.21 bits per heavy atom. The number of carboxylic acids is 1. The Bertz CT molecular complexity index is 354. The van der Waals surface area contributed by atoms with E-state index < -0.39 is 5.97 Å². The predicted molar refractivity (Wildman–Crippen MR) is 53.5 cm³/mol. The van der Waals surface area contributed by atoms with Crippen molar-refractivity contribution in [3.05, 3.63) is 23.0 Å². The monoisotopic (exact) mass is 193 g/mol. The van der Waals surface area contributed by atoms with Crippen LogP contribution in [0.25, 0.3) is 0 Å². The Balaban J connectivity index is 2.34. The van der Waals surface area contributed by atoms with Gasteiger partial charge in [-0.05, 0) is 43.7 Å². The second-order valence-corrected chi connectivity index (χ2v) is 3.97. The van der Waals surface area contributed by atoms with Crippen LogP contribution >= 0.6 is 0 Å². The van der Waals surface area contributed by atoms with Crippen molar-refractivity contribution < 1.29 is 9.90 Å². The summed E-state index contributed by atoms with van der Waals surface area (Å²) in [6.07, 6.45) is 6.38. The number of carboxylic acid groups (broad SMARTS) is 1. The molecule has 3 nitrogen and oxygen atoms in total. The molecular weight excluding hydrogens is 178 g/mol. The Hall–Kier alpha value is -1.25. The summed E-state index contributed by atoms with van der Waals surface area (Å²) in [5.74, 6) is -1.12. The Morgan fingerprint density at radius 1 is 1.50 bits per heavy atom. The molecule has 0 amide bonds. The molecule has 0 radical (unpaired) electrons. The minimum atomic E-state index is -0.739. The quantitative estimate of drug-likeness (QED) is 0.755. The molecule has 0 bridgehead atoms. The van der Waals surface area contributed by atoms with E-state index in [0.717, 1.165) is 18.4 Å². The van der Waals surface area contributed by atoms with Gasteiger partial charge in [-0.3, -0.25) is 4.79 Å². The average Bonchev–Trinajstić information content (AvgIpc) is 2.60. The molecule has 2 rings (SSSR count). The van der Waals surface area contributed by atoms with Crippen LogP contribution in [-0.2, 0) is 17.6 Å². The molecular formula is C11H15NO2. The molecule has 3 heteroatoms. The lowest BCUT2D eigenvalue weighted by Gasteiger charge is -2.14. The lowest BCUT2D eigenvalue weighted by molar-refractivity contribution is -0.138. The zero-order valence-electron chi connectivity index (χ0n) is 8.34. The van der Waals surface area contributed by atoms with E-state index in [1.165, 1.54) is 24.1 Å². The minimum Gasteiger partial charge on any atom is -0.481 e. The van der Waals surface area contributed by atoms with E-state index in [9.17, 15) is 4.79 Å². The fraction of sp³-hybridized carbons (Fsp3) is 0.545. The molecule has 1 unspecified atom stereocenters. The van der Waals surface area contributed by atoms with Crippen LogP contribution in [0.15, 0.2) is 6.20 Å². The van der Waals surface area contributed by atoms with Crippen LogP contribution in [0.1, 0.15) is 42.5 Å². The zero-order valence-corrected chi connectivity index (χ0v) is 8.34. The fourth-order valence-electron chi connectivity index (χ4n) is 2.15. The highest BCUT2D eigenvalue weighted by atomic mass is 16.4. The summed E-state index contributed by atoms with van der Waals surface area (Å²) in [6.45, 7) is 1.75. The van der Waals surface area contributed by atoms with Crippen molar-refractivity contribution in [1.82, 2.24) is 4.98 Å². The van der Waals surface area contributed by atoms with Crippen molar-refractivity contribution in [3.63, 3.8) is 0 Å². The molecule has 76 valence electrons. The topological polar surface area (TPSA) is 53.1 Å². The van der Waals surface area contributed by atoms with Crippen molar-refractivity contribution in [3.8, 4) is 0 Å². The number of hydrogen-bond donors (Lipinski definition) is 2. The number of aromatic nitrogens is 1. The van der Waals surface area contributed by atoms with Gasteiger partial charge in [-0.15, -0.1) is 0 Å². The number of aromatic amines is 1. The molecule has 0 saturated heterocycles. The maximum atomic E-state index is 10.9. The van der Waals surface area contributed by atoms with Crippen molar-refractivity contribution in [2.75, 3.05) is 0 Å². The number of nitrogens with one attached hydrogen (secondary N) is 1. The van der Waals surface area contributed by atoms with E-state index in [-0.39, 0.29) is 5.92 Å². The van der Waals surface area contributed by atoms with E-state index in [2.05, 4.69) is 4.98 Å². The summed E-state index contributed by atoms with van der Waals surface area (Å²) in [4.78, 5) is 14.1. The van der Waals surface area contributed by atoms with Crippen LogP contribution < -0.4 is 0 Å². The highest BCUT2D eigenvalue weighted by Gasteiger charge is 2.22. The second-order valence-electron chi connectivity index (χ2n) is 3.97. The third-order valence-electron chi connectivity index (χ3n) is 3.06. The SMILES string of the molecule is CC(C(=O)O)c1c[nH]c2c1CCCC2. The van der Waals surface area contributed by atoms with Crippen LogP contribution in [0.2, 0.25) is 0 Å². The van der Waals surface area contributed by atoms with Crippen molar-refractivity contribution in [2.45, 2.75) is 38.5 Å². The summed E-state index contributed by atoms with van der Waals surface area (Å²) in [5, 5.41) is 8.94. The van der Waals surface area contributed by atoms with Gasteiger partial charge in [0.25, 0.3) is 0 Å². The lowest BCUT2D eigenvalue weighted by Crippen LogP contribution is -2.10. The first-order valence-electron chi connectivity index (χ1n) is 5.12. The summed E-state index contributed by atoms with van der Waals surface area (Å²) in [7, 11) is 0. The summed E-state index contributed by atoms with van der Waals surface area (Å²) in [5.41, 5.74) is 3.48. The van der Waals surface area contributed by atoms with Gasteiger partial charge >= 0.3 is 5.97 Å². The molecule has 0 fully saturated rings. The molecule has 0 spiro atoms. The molecule has 1 atom stereocenters. The number of H-pyrrole nitrogens is 1. The highest BCUT2D eigenvalue weighted by molar-refractivity contribution is 5.76. The Morgan fingerprint density at radius 3 is 2.93 bits per heavy atom. The standard InChI is InChI=1S/C11H15NO2/c1-7(11(13)14)9-6-12-10-5-3-2-4-8(9)10/h6-7,12H,2-5H2,1H3,(H,13,14). The smallest absolute Gasteiger partial charge is 0.310 e. The fourth-order valence-corrected chi connectivity index (χ4v) is 2.15. The van der Waals surface area contributed by atoms with Gasteiger partial charge in [-0.1, -0.05) is 0 Å². The summed E-state index contributed by atoms with van der Waals surface area (Å²) in [6, 6.07) is 0. The van der Waals surface area contributed by atoms with E-state index in [0.29, 0.717) is 0 Å². The number of aryl methyl sites for hydroxylation is 1. The number of carbonyl (C=O) groups is 1. The van der Waals surface area contributed by atoms with Gasteiger partial charge in [0.2, 0.25) is 0 Å². The molecule has 14 heavy (non-hydrogen) atoms. The van der Waals surface area contributed by atoms with E-state index in [4.69, 9.17) is 5.11 Å². The molecule has 2 N–H and O–H groups in total. The van der Waals surface area contributed by atoms with Gasteiger partial charge in [0.15, 0.2) is 0 Å². The first kappa shape index (κ1) is 9.31. The van der Waals surface area contributed by atoms with Gasteiger partial charge in [-0.2, -0.15) is 0 Å². The maximum absolute atomic E-state index is 10.9. The van der Waals surface area contributed by atoms with Crippen LogP contribution in [0.4, 0.5) is 0 Å². The number of aliphatic carboxylic acids is 1. The number of hydrogen-bond acceptors (Lipinski definition) is 1. The van der Waals surface area contributed by atoms with Crippen LogP contribution in [0.5, 0.6) is 0 Å². The average molecular weight is 193 g/mol. The normalized spacial score (nSPS) is 17.5. The van der Waals surface area contributed by atoms with Crippen LogP contribution in [-0.4, -0.2) is 16.1 Å². The molecule has 1 aliphatic carbocycles. The minimum absolute atomic E-state index is 0.381. The van der Waals surface area contributed by atoms with Crippen molar-refractivity contribution in [1.29, 1.82) is 0 Å². The van der Waals surface area contributed by atoms with E-state index >= 15 is 0 Å².